The van der Waals surface area contributed by atoms with Gasteiger partial charge in [0.25, 0.3) is 0 Å². The highest BCUT2D eigenvalue weighted by Crippen LogP contribution is 2.19. The normalized spacial score (nSPS) is 10.3. The zero-order chi connectivity index (χ0) is 14.7. The van der Waals surface area contributed by atoms with E-state index in [2.05, 4.69) is 15.8 Å². The van der Waals surface area contributed by atoms with E-state index >= 15 is 0 Å². The Morgan fingerprint density at radius 3 is 2.57 bits per heavy atom. The van der Waals surface area contributed by atoms with Gasteiger partial charge in [-0.25, -0.2) is 0 Å². The summed E-state index contributed by atoms with van der Waals surface area (Å²) in [5.41, 5.74) is 2.52. The van der Waals surface area contributed by atoms with Gasteiger partial charge in [-0.15, -0.1) is 0 Å². The van der Waals surface area contributed by atoms with Crippen LogP contribution in [0.25, 0.3) is 10.9 Å². The molecule has 2 aromatic carbocycles. The molecule has 21 heavy (non-hydrogen) atoms. The van der Waals surface area contributed by atoms with Crippen LogP contribution < -0.4 is 15.4 Å². The summed E-state index contributed by atoms with van der Waals surface area (Å²) in [6, 6.07) is 13.2. The van der Waals surface area contributed by atoms with Crippen LogP contribution in [0.4, 0.5) is 11.4 Å². The number of rotatable bonds is 3. The predicted molar refractivity (Wildman–Crippen MR) is 86.8 cm³/mol. The van der Waals surface area contributed by atoms with Gasteiger partial charge in [-0.05, 0) is 54.7 Å². The highest BCUT2D eigenvalue weighted by molar-refractivity contribution is 7.80. The Kier molecular flexibility index (Phi) is 3.70. The molecule has 0 aliphatic carbocycles. The first kappa shape index (κ1) is 13.4. The number of methoxy groups -OCH3 is 1. The molecular weight excluding hydrogens is 286 g/mol. The van der Waals surface area contributed by atoms with E-state index in [1.165, 1.54) is 0 Å². The largest absolute Gasteiger partial charge is 0.497 e. The van der Waals surface area contributed by atoms with Crippen molar-refractivity contribution in [2.75, 3.05) is 17.7 Å². The molecule has 3 rings (SSSR count). The highest BCUT2D eigenvalue weighted by atomic mass is 32.1. The highest BCUT2D eigenvalue weighted by Gasteiger charge is 2.03. The van der Waals surface area contributed by atoms with Crippen LogP contribution in [0.3, 0.4) is 0 Å². The van der Waals surface area contributed by atoms with Crippen molar-refractivity contribution >= 4 is 39.6 Å². The number of thiocarbonyl (C=S) groups is 1. The van der Waals surface area contributed by atoms with Gasteiger partial charge in [-0.2, -0.15) is 0 Å². The van der Waals surface area contributed by atoms with Crippen LogP contribution in [0.5, 0.6) is 5.75 Å². The molecule has 1 aromatic heterocycles. The van der Waals surface area contributed by atoms with E-state index in [4.69, 9.17) is 21.5 Å². The number of fused-ring (bicyclic) bond motifs is 1. The lowest BCUT2D eigenvalue weighted by Crippen LogP contribution is -2.18. The number of aromatic nitrogens is 1. The summed E-state index contributed by atoms with van der Waals surface area (Å²) >= 11 is 5.28. The zero-order valence-corrected chi connectivity index (χ0v) is 12.1. The van der Waals surface area contributed by atoms with Crippen LogP contribution in [0.15, 0.2) is 53.3 Å². The molecule has 0 saturated heterocycles. The summed E-state index contributed by atoms with van der Waals surface area (Å²) in [5.74, 6) is 0.802. The summed E-state index contributed by atoms with van der Waals surface area (Å²) in [5, 5.41) is 11.6. The third-order valence-corrected chi connectivity index (χ3v) is 3.17. The lowest BCUT2D eigenvalue weighted by atomic mass is 10.2. The average molecular weight is 299 g/mol. The number of nitrogens with zero attached hydrogens (tertiary/aromatic N) is 1. The summed E-state index contributed by atoms with van der Waals surface area (Å²) in [6.07, 6.45) is 1.60. The van der Waals surface area contributed by atoms with Gasteiger partial charge in [-0.3, -0.25) is 0 Å². The molecule has 6 heteroatoms. The topological polar surface area (TPSA) is 59.3 Å². The molecule has 106 valence electrons. The first-order chi connectivity index (χ1) is 10.2. The van der Waals surface area contributed by atoms with E-state index in [-0.39, 0.29) is 0 Å². The predicted octanol–water partition coefficient (Wildman–Crippen LogP) is 3.65. The molecule has 0 unspecified atom stereocenters. The molecule has 0 radical (unpaired) electrons. The van der Waals surface area contributed by atoms with Crippen molar-refractivity contribution in [3.8, 4) is 5.75 Å². The third-order valence-electron chi connectivity index (χ3n) is 2.97. The first-order valence-electron chi connectivity index (χ1n) is 6.31. The van der Waals surface area contributed by atoms with E-state index in [0.29, 0.717) is 5.11 Å². The molecule has 1 heterocycles. The molecule has 0 saturated carbocycles. The lowest BCUT2D eigenvalue weighted by molar-refractivity contribution is 0.415. The van der Waals surface area contributed by atoms with Crippen LogP contribution >= 0.6 is 12.2 Å². The minimum absolute atomic E-state index is 0.503. The zero-order valence-electron chi connectivity index (χ0n) is 11.3. The quantitative estimate of drug-likeness (QED) is 0.720. The molecule has 0 bridgehead atoms. The standard InChI is InChI=1S/C15H13N3O2S/c1-19-13-6-4-11(5-7-13)16-15(21)17-12-3-2-10-9-20-18-14(10)8-12/h2-9H,1H3,(H2,16,17,21). The van der Waals surface area contributed by atoms with Crippen LogP contribution in [-0.4, -0.2) is 17.4 Å². The SMILES string of the molecule is COc1ccc(NC(=S)Nc2ccc3conc3c2)cc1. The monoisotopic (exact) mass is 299 g/mol. The Balaban J connectivity index is 1.67. The van der Waals surface area contributed by atoms with Crippen molar-refractivity contribution in [1.29, 1.82) is 0 Å². The van der Waals surface area contributed by atoms with Crippen molar-refractivity contribution in [3.05, 3.63) is 48.7 Å². The maximum atomic E-state index is 5.28. The van der Waals surface area contributed by atoms with Gasteiger partial charge in [0.05, 0.1) is 7.11 Å². The van der Waals surface area contributed by atoms with Crippen LogP contribution in [0.2, 0.25) is 0 Å². The molecule has 0 atom stereocenters. The van der Waals surface area contributed by atoms with Gasteiger partial charge in [0.2, 0.25) is 0 Å². The van der Waals surface area contributed by atoms with Crippen LogP contribution in [0, 0.1) is 0 Å². The summed E-state index contributed by atoms with van der Waals surface area (Å²) in [4.78, 5) is 0. The Labute approximate surface area is 126 Å². The minimum Gasteiger partial charge on any atom is -0.497 e. The molecule has 5 nitrogen and oxygen atoms in total. The maximum absolute atomic E-state index is 5.28. The Morgan fingerprint density at radius 1 is 1.10 bits per heavy atom. The van der Waals surface area contributed by atoms with Crippen molar-refractivity contribution in [2.24, 2.45) is 0 Å². The van der Waals surface area contributed by atoms with Gasteiger partial charge in [-0.1, -0.05) is 5.16 Å². The van der Waals surface area contributed by atoms with E-state index in [9.17, 15) is 0 Å². The number of nitrogens with one attached hydrogen (secondary N) is 2. The van der Waals surface area contributed by atoms with E-state index in [1.54, 1.807) is 13.4 Å². The molecule has 0 fully saturated rings. The molecule has 0 amide bonds. The van der Waals surface area contributed by atoms with E-state index in [0.717, 1.165) is 28.0 Å². The number of anilines is 2. The van der Waals surface area contributed by atoms with Crippen molar-refractivity contribution in [3.63, 3.8) is 0 Å². The molecule has 0 aliphatic rings. The molecule has 0 spiro atoms. The Hall–Kier alpha value is -2.60. The summed E-state index contributed by atoms with van der Waals surface area (Å²) in [6.45, 7) is 0. The van der Waals surface area contributed by atoms with Crippen molar-refractivity contribution in [2.45, 2.75) is 0 Å². The summed E-state index contributed by atoms with van der Waals surface area (Å²) < 4.78 is 10.0. The summed E-state index contributed by atoms with van der Waals surface area (Å²) in [7, 11) is 1.63. The van der Waals surface area contributed by atoms with E-state index in [1.807, 2.05) is 42.5 Å². The molecule has 0 aliphatic heterocycles. The fourth-order valence-electron chi connectivity index (χ4n) is 1.91. The second-order valence-corrected chi connectivity index (χ2v) is 4.80. The van der Waals surface area contributed by atoms with Gasteiger partial charge >= 0.3 is 0 Å². The van der Waals surface area contributed by atoms with Gasteiger partial charge in [0.15, 0.2) is 5.11 Å². The second kappa shape index (κ2) is 5.80. The Morgan fingerprint density at radius 2 is 1.81 bits per heavy atom. The number of hydrogen-bond acceptors (Lipinski definition) is 4. The van der Waals surface area contributed by atoms with Gasteiger partial charge in [0, 0.05) is 16.8 Å². The lowest BCUT2D eigenvalue weighted by Gasteiger charge is -2.10. The molecule has 3 aromatic rings. The van der Waals surface area contributed by atoms with Crippen LogP contribution in [-0.2, 0) is 0 Å². The fraction of sp³-hybridized carbons (Fsp3) is 0.0667. The first-order valence-corrected chi connectivity index (χ1v) is 6.71. The fourth-order valence-corrected chi connectivity index (χ4v) is 2.14. The van der Waals surface area contributed by atoms with E-state index < -0.39 is 0 Å². The minimum atomic E-state index is 0.503. The second-order valence-electron chi connectivity index (χ2n) is 4.40. The van der Waals surface area contributed by atoms with Gasteiger partial charge in [0.1, 0.15) is 17.5 Å². The van der Waals surface area contributed by atoms with Gasteiger partial charge < -0.3 is 19.9 Å². The van der Waals surface area contributed by atoms with Crippen molar-refractivity contribution < 1.29 is 9.26 Å². The average Bonchev–Trinajstić information content (AvgIpc) is 2.95. The molecular formula is C15H13N3O2S. The smallest absolute Gasteiger partial charge is 0.175 e. The number of hydrogen-bond donors (Lipinski definition) is 2. The number of ether oxygens (including phenoxy) is 1. The third kappa shape index (κ3) is 3.11. The maximum Gasteiger partial charge on any atom is 0.175 e. The van der Waals surface area contributed by atoms with Crippen molar-refractivity contribution in [1.82, 2.24) is 5.16 Å². The number of benzene rings is 2. The molecule has 2 N–H and O–H groups in total. The van der Waals surface area contributed by atoms with Crippen LogP contribution in [0.1, 0.15) is 0 Å². The Bertz CT molecular complexity index is 768.